The molecule has 0 N–H and O–H groups in total. The second kappa shape index (κ2) is 8.67. The van der Waals surface area contributed by atoms with Crippen molar-refractivity contribution < 1.29 is 13.2 Å². The van der Waals surface area contributed by atoms with Crippen LogP contribution in [0.15, 0.2) is 128 Å². The van der Waals surface area contributed by atoms with Crippen molar-refractivity contribution in [2.45, 2.75) is 5.41 Å². The number of anilines is 3. The summed E-state index contributed by atoms with van der Waals surface area (Å²) in [7, 11) is 0. The smallest absolute Gasteiger partial charge is 0.128 e. The SMILES string of the molecule is Fc1ccc(N(c2cc(F)cc(F)c2)c2ccc3c(c2)-c2cnccc2C32c3ccccc3-c3ccccc32)cc1. The Bertz CT molecular complexity index is 1930. The molecular formula is C36H21F3N2. The fourth-order valence-electron chi connectivity index (χ4n) is 6.82. The van der Waals surface area contributed by atoms with Crippen molar-refractivity contribution in [2.24, 2.45) is 0 Å². The second-order valence-corrected chi connectivity index (χ2v) is 10.4. The molecule has 8 rings (SSSR count). The van der Waals surface area contributed by atoms with Gasteiger partial charge in [0.05, 0.1) is 11.1 Å². The summed E-state index contributed by atoms with van der Waals surface area (Å²) in [6.07, 6.45) is 3.72. The Labute approximate surface area is 235 Å². The molecule has 6 aromatic rings. The minimum atomic E-state index is -0.694. The molecule has 2 aliphatic carbocycles. The van der Waals surface area contributed by atoms with Crippen molar-refractivity contribution in [3.05, 3.63) is 167 Å². The van der Waals surface area contributed by atoms with Gasteiger partial charge in [0.25, 0.3) is 0 Å². The molecule has 1 aromatic heterocycles. The summed E-state index contributed by atoms with van der Waals surface area (Å²) >= 11 is 0. The molecule has 1 heterocycles. The van der Waals surface area contributed by atoms with Gasteiger partial charge in [-0.2, -0.15) is 0 Å². The summed E-state index contributed by atoms with van der Waals surface area (Å²) in [6.45, 7) is 0. The molecule has 0 amide bonds. The van der Waals surface area contributed by atoms with Crippen molar-refractivity contribution in [1.82, 2.24) is 4.98 Å². The maximum absolute atomic E-state index is 14.4. The minimum absolute atomic E-state index is 0.296. The van der Waals surface area contributed by atoms with E-state index in [4.69, 9.17) is 0 Å². The fourth-order valence-corrected chi connectivity index (χ4v) is 6.82. The van der Waals surface area contributed by atoms with Crippen molar-refractivity contribution in [3.63, 3.8) is 0 Å². The van der Waals surface area contributed by atoms with E-state index in [1.165, 1.54) is 46.5 Å². The lowest BCUT2D eigenvalue weighted by Gasteiger charge is -2.31. The quantitative estimate of drug-likeness (QED) is 0.223. The normalized spacial score (nSPS) is 13.4. The van der Waals surface area contributed by atoms with Gasteiger partial charge in [-0.3, -0.25) is 4.98 Å². The van der Waals surface area contributed by atoms with Crippen LogP contribution in [0.25, 0.3) is 22.3 Å². The number of fused-ring (bicyclic) bond motifs is 10. The van der Waals surface area contributed by atoms with Crippen molar-refractivity contribution in [1.29, 1.82) is 0 Å². The number of hydrogen-bond acceptors (Lipinski definition) is 2. The topological polar surface area (TPSA) is 16.1 Å². The Morgan fingerprint density at radius 1 is 0.463 bits per heavy atom. The molecule has 0 saturated carbocycles. The van der Waals surface area contributed by atoms with Crippen LogP contribution in [-0.2, 0) is 5.41 Å². The average Bonchev–Trinajstić information content (AvgIpc) is 3.45. The predicted octanol–water partition coefficient (Wildman–Crippen LogP) is 9.31. The molecule has 0 saturated heterocycles. The van der Waals surface area contributed by atoms with Crippen LogP contribution >= 0.6 is 0 Å². The van der Waals surface area contributed by atoms with E-state index in [0.29, 0.717) is 17.1 Å². The zero-order valence-electron chi connectivity index (χ0n) is 21.7. The number of nitrogens with zero attached hydrogens (tertiary/aromatic N) is 2. The largest absolute Gasteiger partial charge is 0.310 e. The number of aromatic nitrogens is 1. The highest BCUT2D eigenvalue weighted by Gasteiger charge is 2.51. The van der Waals surface area contributed by atoms with E-state index >= 15 is 0 Å². The molecule has 2 aliphatic rings. The summed E-state index contributed by atoms with van der Waals surface area (Å²) in [5.41, 5.74) is 10.1. The highest BCUT2D eigenvalue weighted by Crippen LogP contribution is 2.63. The Kier molecular flexibility index (Phi) is 5.01. The molecule has 41 heavy (non-hydrogen) atoms. The van der Waals surface area contributed by atoms with Crippen LogP contribution in [0, 0.1) is 17.5 Å². The summed E-state index contributed by atoms with van der Waals surface area (Å²) in [4.78, 5) is 6.23. The Balaban J connectivity index is 1.41. The molecule has 0 atom stereocenters. The summed E-state index contributed by atoms with van der Waals surface area (Å²) in [5.74, 6) is -1.78. The second-order valence-electron chi connectivity index (χ2n) is 10.4. The first-order chi connectivity index (χ1) is 20.1. The predicted molar refractivity (Wildman–Crippen MR) is 155 cm³/mol. The van der Waals surface area contributed by atoms with Crippen LogP contribution in [0.1, 0.15) is 22.3 Å². The van der Waals surface area contributed by atoms with Gasteiger partial charge in [0.15, 0.2) is 0 Å². The Morgan fingerprint density at radius 3 is 1.73 bits per heavy atom. The molecule has 1 spiro atoms. The van der Waals surface area contributed by atoms with Crippen LogP contribution < -0.4 is 4.90 Å². The first kappa shape index (κ1) is 23.7. The van der Waals surface area contributed by atoms with E-state index in [1.807, 2.05) is 24.5 Å². The van der Waals surface area contributed by atoms with Gasteiger partial charge in [-0.15, -0.1) is 0 Å². The molecule has 196 valence electrons. The monoisotopic (exact) mass is 538 g/mol. The third-order valence-electron chi connectivity index (χ3n) is 8.32. The van der Waals surface area contributed by atoms with Crippen molar-refractivity contribution in [3.8, 4) is 22.3 Å². The van der Waals surface area contributed by atoms with Gasteiger partial charge < -0.3 is 4.90 Å². The van der Waals surface area contributed by atoms with Crippen LogP contribution in [0.3, 0.4) is 0 Å². The molecule has 0 bridgehead atoms. The first-order valence-corrected chi connectivity index (χ1v) is 13.4. The number of pyridine rings is 1. The maximum atomic E-state index is 14.4. The van der Waals surface area contributed by atoms with E-state index in [-0.39, 0.29) is 0 Å². The summed E-state index contributed by atoms with van der Waals surface area (Å²) < 4.78 is 42.8. The standard InChI is InChI=1S/C36H21F3N2/c37-22-9-11-25(12-10-22)41(27-18-23(38)17-24(39)19-27)26-13-14-34-30(20-26)31-21-40-16-15-35(31)36(34)32-7-3-1-5-28(32)29-6-2-4-8-33(29)36/h1-21H. The third-order valence-corrected chi connectivity index (χ3v) is 8.32. The van der Waals surface area contributed by atoms with Crippen LogP contribution in [-0.4, -0.2) is 4.98 Å². The number of rotatable bonds is 3. The molecule has 0 radical (unpaired) electrons. The van der Waals surface area contributed by atoms with Gasteiger partial charge in [0.1, 0.15) is 17.5 Å². The van der Waals surface area contributed by atoms with Gasteiger partial charge in [0, 0.05) is 35.4 Å². The maximum Gasteiger partial charge on any atom is 0.128 e. The minimum Gasteiger partial charge on any atom is -0.310 e. The molecule has 2 nitrogen and oxygen atoms in total. The van der Waals surface area contributed by atoms with Crippen LogP contribution in [0.2, 0.25) is 0 Å². The molecule has 0 unspecified atom stereocenters. The molecule has 5 aromatic carbocycles. The van der Waals surface area contributed by atoms with Gasteiger partial charge in [-0.1, -0.05) is 54.6 Å². The zero-order chi connectivity index (χ0) is 27.7. The number of benzene rings is 5. The number of hydrogen-bond donors (Lipinski definition) is 0. The van der Waals surface area contributed by atoms with E-state index in [0.717, 1.165) is 28.3 Å². The van der Waals surface area contributed by atoms with E-state index in [2.05, 4.69) is 65.6 Å². The highest BCUT2D eigenvalue weighted by atomic mass is 19.1. The van der Waals surface area contributed by atoms with E-state index in [9.17, 15) is 13.2 Å². The molecule has 0 fully saturated rings. The lowest BCUT2D eigenvalue weighted by Crippen LogP contribution is -2.25. The summed E-state index contributed by atoms with van der Waals surface area (Å²) in [6, 6.07) is 34.5. The van der Waals surface area contributed by atoms with Gasteiger partial charge in [0.2, 0.25) is 0 Å². The van der Waals surface area contributed by atoms with Crippen molar-refractivity contribution in [2.75, 3.05) is 4.90 Å². The third kappa shape index (κ3) is 3.29. The average molecular weight is 539 g/mol. The zero-order valence-corrected chi connectivity index (χ0v) is 21.7. The van der Waals surface area contributed by atoms with Crippen LogP contribution in [0.4, 0.5) is 30.2 Å². The lowest BCUT2D eigenvalue weighted by molar-refractivity contribution is 0.583. The Morgan fingerprint density at radius 2 is 1.05 bits per heavy atom. The highest BCUT2D eigenvalue weighted by molar-refractivity contribution is 5.96. The fraction of sp³-hybridized carbons (Fsp3) is 0.0278. The molecule has 5 heteroatoms. The van der Waals surface area contributed by atoms with Gasteiger partial charge in [-0.25, -0.2) is 13.2 Å². The number of halogens is 3. The lowest BCUT2D eigenvalue weighted by atomic mass is 9.71. The molecule has 0 aliphatic heterocycles. The van der Waals surface area contributed by atoms with E-state index in [1.54, 1.807) is 17.0 Å². The summed E-state index contributed by atoms with van der Waals surface area (Å²) in [5, 5.41) is 0. The van der Waals surface area contributed by atoms with Gasteiger partial charge in [-0.05, 0) is 93.5 Å². The van der Waals surface area contributed by atoms with Crippen LogP contribution in [0.5, 0.6) is 0 Å². The molecular weight excluding hydrogens is 517 g/mol. The van der Waals surface area contributed by atoms with Crippen molar-refractivity contribution >= 4 is 17.1 Å². The Hall–Kier alpha value is -5.16. The first-order valence-electron chi connectivity index (χ1n) is 13.4. The van der Waals surface area contributed by atoms with E-state index < -0.39 is 22.9 Å². The van der Waals surface area contributed by atoms with Gasteiger partial charge >= 0.3 is 0 Å².